The third-order valence-corrected chi connectivity index (χ3v) is 4.23. The van der Waals surface area contributed by atoms with Gasteiger partial charge in [0, 0.05) is 36.5 Å². The minimum atomic E-state index is -3.26. The smallest absolute Gasteiger partial charge is 0.251 e. The fourth-order valence-corrected chi connectivity index (χ4v) is 2.76. The molecule has 1 aromatic carbocycles. The van der Waals surface area contributed by atoms with E-state index in [-0.39, 0.29) is 19.0 Å². The summed E-state index contributed by atoms with van der Waals surface area (Å²) in [4.78, 5) is 16.4. The summed E-state index contributed by atoms with van der Waals surface area (Å²) >= 11 is 0. The van der Waals surface area contributed by atoms with Gasteiger partial charge in [-0.1, -0.05) is 12.1 Å². The zero-order valence-electron chi connectivity index (χ0n) is 14.4. The molecule has 0 radical (unpaired) electrons. The third kappa shape index (κ3) is 5.54. The summed E-state index contributed by atoms with van der Waals surface area (Å²) < 4.78 is 29.4. The van der Waals surface area contributed by atoms with Gasteiger partial charge < -0.3 is 10.1 Å². The molecule has 2 rings (SSSR count). The number of methoxy groups -OCH3 is 1. The SMILES string of the molecule is COc1cc(C)c(-c2cccc(C(=O)NCCNS(C)(=O)=O)c2)cn1. The maximum absolute atomic E-state index is 12.2. The van der Waals surface area contributed by atoms with Gasteiger partial charge in [0.05, 0.1) is 13.4 Å². The van der Waals surface area contributed by atoms with Crippen molar-refractivity contribution >= 4 is 15.9 Å². The summed E-state index contributed by atoms with van der Waals surface area (Å²) in [5.41, 5.74) is 3.26. The number of amides is 1. The Hall–Kier alpha value is -2.45. The fraction of sp³-hybridized carbons (Fsp3) is 0.294. The molecule has 0 fully saturated rings. The van der Waals surface area contributed by atoms with Crippen molar-refractivity contribution in [1.82, 2.24) is 15.0 Å². The van der Waals surface area contributed by atoms with Crippen molar-refractivity contribution in [3.63, 3.8) is 0 Å². The van der Waals surface area contributed by atoms with Crippen LogP contribution in [-0.4, -0.2) is 45.8 Å². The summed E-state index contributed by atoms with van der Waals surface area (Å²) in [7, 11) is -1.70. The van der Waals surface area contributed by atoms with Crippen molar-refractivity contribution in [2.45, 2.75) is 6.92 Å². The molecule has 0 saturated carbocycles. The Morgan fingerprint density at radius 3 is 2.64 bits per heavy atom. The molecule has 0 aliphatic heterocycles. The highest BCUT2D eigenvalue weighted by molar-refractivity contribution is 7.88. The molecule has 0 aliphatic carbocycles. The minimum absolute atomic E-state index is 0.145. The molecule has 1 aromatic heterocycles. The summed E-state index contributed by atoms with van der Waals surface area (Å²) in [6.45, 7) is 2.30. The first-order chi connectivity index (χ1) is 11.8. The van der Waals surface area contributed by atoms with Gasteiger partial charge >= 0.3 is 0 Å². The van der Waals surface area contributed by atoms with Gasteiger partial charge in [-0.2, -0.15) is 0 Å². The van der Waals surface area contributed by atoms with E-state index >= 15 is 0 Å². The molecular formula is C17H21N3O4S. The Bertz CT molecular complexity index is 866. The van der Waals surface area contributed by atoms with Gasteiger partial charge in [-0.25, -0.2) is 18.1 Å². The number of hydrogen-bond donors (Lipinski definition) is 2. The van der Waals surface area contributed by atoms with Gasteiger partial charge in [0.1, 0.15) is 0 Å². The van der Waals surface area contributed by atoms with E-state index in [2.05, 4.69) is 15.0 Å². The number of aromatic nitrogens is 1. The second-order valence-corrected chi connectivity index (χ2v) is 7.38. The lowest BCUT2D eigenvalue weighted by Gasteiger charge is -2.10. The Balaban J connectivity index is 2.09. The summed E-state index contributed by atoms with van der Waals surface area (Å²) in [6.07, 6.45) is 2.78. The van der Waals surface area contributed by atoms with Gasteiger partial charge in [-0.05, 0) is 30.2 Å². The molecule has 0 spiro atoms. The van der Waals surface area contributed by atoms with Gasteiger partial charge in [-0.15, -0.1) is 0 Å². The maximum Gasteiger partial charge on any atom is 0.251 e. The van der Waals surface area contributed by atoms with Crippen LogP contribution in [0.1, 0.15) is 15.9 Å². The van der Waals surface area contributed by atoms with E-state index in [0.29, 0.717) is 11.4 Å². The number of rotatable bonds is 7. The molecule has 134 valence electrons. The summed E-state index contributed by atoms with van der Waals surface area (Å²) in [5, 5.41) is 2.68. The highest BCUT2D eigenvalue weighted by Gasteiger charge is 2.09. The number of ether oxygens (including phenoxy) is 1. The lowest BCUT2D eigenvalue weighted by molar-refractivity contribution is 0.0954. The van der Waals surface area contributed by atoms with E-state index in [1.54, 1.807) is 31.5 Å². The first-order valence-corrected chi connectivity index (χ1v) is 9.53. The van der Waals surface area contributed by atoms with E-state index < -0.39 is 10.0 Å². The Morgan fingerprint density at radius 1 is 1.24 bits per heavy atom. The first-order valence-electron chi connectivity index (χ1n) is 7.64. The van der Waals surface area contributed by atoms with Crippen molar-refractivity contribution in [3.05, 3.63) is 47.7 Å². The monoisotopic (exact) mass is 363 g/mol. The molecule has 7 nitrogen and oxygen atoms in total. The molecule has 0 unspecified atom stereocenters. The predicted octanol–water partition coefficient (Wildman–Crippen LogP) is 1.34. The number of sulfonamides is 1. The molecule has 25 heavy (non-hydrogen) atoms. The first kappa shape index (κ1) is 18.9. The molecule has 0 bridgehead atoms. The van der Waals surface area contributed by atoms with Crippen LogP contribution in [0, 0.1) is 6.92 Å². The van der Waals surface area contributed by atoms with Crippen molar-refractivity contribution in [3.8, 4) is 17.0 Å². The number of pyridine rings is 1. The molecule has 0 atom stereocenters. The van der Waals surface area contributed by atoms with Crippen molar-refractivity contribution in [1.29, 1.82) is 0 Å². The zero-order chi connectivity index (χ0) is 18.4. The van der Waals surface area contributed by atoms with Crippen LogP contribution in [0.15, 0.2) is 36.5 Å². The van der Waals surface area contributed by atoms with Crippen LogP contribution in [0.4, 0.5) is 0 Å². The fourth-order valence-electron chi connectivity index (χ4n) is 2.29. The maximum atomic E-state index is 12.2. The van der Waals surface area contributed by atoms with E-state index in [4.69, 9.17) is 4.74 Å². The average Bonchev–Trinajstić information content (AvgIpc) is 2.57. The molecular weight excluding hydrogens is 342 g/mol. The number of nitrogens with one attached hydrogen (secondary N) is 2. The molecule has 0 aliphatic rings. The normalized spacial score (nSPS) is 11.2. The highest BCUT2D eigenvalue weighted by atomic mass is 32.2. The zero-order valence-corrected chi connectivity index (χ0v) is 15.2. The van der Waals surface area contributed by atoms with E-state index in [0.717, 1.165) is 22.9 Å². The number of aryl methyl sites for hydroxylation is 1. The van der Waals surface area contributed by atoms with E-state index in [1.165, 1.54) is 0 Å². The van der Waals surface area contributed by atoms with Crippen molar-refractivity contribution in [2.75, 3.05) is 26.5 Å². The Labute approximate surface area is 147 Å². The second-order valence-electron chi connectivity index (χ2n) is 5.54. The highest BCUT2D eigenvalue weighted by Crippen LogP contribution is 2.25. The van der Waals surface area contributed by atoms with Gasteiger partial charge in [-0.3, -0.25) is 4.79 Å². The van der Waals surface area contributed by atoms with Crippen molar-refractivity contribution in [2.24, 2.45) is 0 Å². The summed E-state index contributed by atoms with van der Waals surface area (Å²) in [6, 6.07) is 9.00. The van der Waals surface area contributed by atoms with E-state index in [1.807, 2.05) is 19.1 Å². The summed E-state index contributed by atoms with van der Waals surface area (Å²) in [5.74, 6) is 0.268. The number of nitrogens with zero attached hydrogens (tertiary/aromatic N) is 1. The molecule has 1 heterocycles. The molecule has 0 saturated heterocycles. The average molecular weight is 363 g/mol. The predicted molar refractivity (Wildman–Crippen MR) is 96.1 cm³/mol. The topological polar surface area (TPSA) is 97.4 Å². The second kappa shape index (κ2) is 8.09. The third-order valence-electron chi connectivity index (χ3n) is 3.51. The number of benzene rings is 1. The minimum Gasteiger partial charge on any atom is -0.481 e. The van der Waals surface area contributed by atoms with Crippen LogP contribution < -0.4 is 14.8 Å². The van der Waals surface area contributed by atoms with Crippen LogP contribution in [0.5, 0.6) is 5.88 Å². The lowest BCUT2D eigenvalue weighted by atomic mass is 10.0. The Morgan fingerprint density at radius 2 is 2.00 bits per heavy atom. The largest absolute Gasteiger partial charge is 0.481 e. The molecule has 8 heteroatoms. The standard InChI is InChI=1S/C17H21N3O4S/c1-12-9-16(24-2)19-11-15(12)13-5-4-6-14(10-13)17(21)18-7-8-20-25(3,22)23/h4-6,9-11,20H,7-8H2,1-3H3,(H,18,21). The lowest BCUT2D eigenvalue weighted by Crippen LogP contribution is -2.34. The number of hydrogen-bond acceptors (Lipinski definition) is 5. The van der Waals surface area contributed by atoms with Gasteiger partial charge in [0.25, 0.3) is 5.91 Å². The van der Waals surface area contributed by atoms with Crippen molar-refractivity contribution < 1.29 is 17.9 Å². The molecule has 2 aromatic rings. The van der Waals surface area contributed by atoms with Crippen LogP contribution in [0.25, 0.3) is 11.1 Å². The van der Waals surface area contributed by atoms with E-state index in [9.17, 15) is 13.2 Å². The molecule has 1 amide bonds. The van der Waals surface area contributed by atoms with Gasteiger partial charge in [0.15, 0.2) is 0 Å². The quantitative estimate of drug-likeness (QED) is 0.724. The number of carbonyl (C=O) groups excluding carboxylic acids is 1. The number of carbonyl (C=O) groups is 1. The van der Waals surface area contributed by atoms with Crippen LogP contribution in [0.3, 0.4) is 0 Å². The van der Waals surface area contributed by atoms with Crippen LogP contribution >= 0.6 is 0 Å². The Kier molecular flexibility index (Phi) is 6.11. The van der Waals surface area contributed by atoms with Crippen LogP contribution in [0.2, 0.25) is 0 Å². The molecule has 2 N–H and O–H groups in total. The van der Waals surface area contributed by atoms with Crippen LogP contribution in [-0.2, 0) is 10.0 Å². The van der Waals surface area contributed by atoms with Gasteiger partial charge in [0.2, 0.25) is 15.9 Å².